The molecular formula is C10H6BrF3N2O. The Hall–Kier alpha value is -1.37. The molecule has 1 heterocycles. The first-order chi connectivity index (χ1) is 8.00. The molecule has 0 aliphatic rings. The number of aromatic nitrogens is 2. The highest BCUT2D eigenvalue weighted by atomic mass is 79.9. The summed E-state index contributed by atoms with van der Waals surface area (Å²) in [5, 5.41) is 6.99. The molecule has 0 saturated carbocycles. The third-order valence-electron chi connectivity index (χ3n) is 2.02. The second kappa shape index (κ2) is 4.48. The molecule has 2 aromatic rings. The van der Waals surface area contributed by atoms with Crippen LogP contribution < -0.4 is 0 Å². The first kappa shape index (κ1) is 12.1. The summed E-state index contributed by atoms with van der Waals surface area (Å²) in [6.45, 7) is 0. The average Bonchev–Trinajstić information content (AvgIpc) is 2.78. The molecule has 1 aromatic heterocycles. The Morgan fingerprint density at radius 2 is 1.76 bits per heavy atom. The normalized spacial score (nSPS) is 11.8. The van der Waals surface area contributed by atoms with Crippen molar-refractivity contribution in [3.05, 3.63) is 35.7 Å². The lowest BCUT2D eigenvalue weighted by Crippen LogP contribution is -2.04. The van der Waals surface area contributed by atoms with Gasteiger partial charge in [-0.15, -0.1) is 10.2 Å². The van der Waals surface area contributed by atoms with Gasteiger partial charge >= 0.3 is 12.1 Å². The van der Waals surface area contributed by atoms with Gasteiger partial charge < -0.3 is 4.42 Å². The number of benzene rings is 1. The number of hydrogen-bond donors (Lipinski definition) is 0. The largest absolute Gasteiger partial charge is 0.470 e. The average molecular weight is 307 g/mol. The number of rotatable bonds is 2. The van der Waals surface area contributed by atoms with Crippen LogP contribution in [0.5, 0.6) is 0 Å². The highest BCUT2D eigenvalue weighted by Gasteiger charge is 2.38. The molecule has 0 unspecified atom stereocenters. The monoisotopic (exact) mass is 306 g/mol. The lowest BCUT2D eigenvalue weighted by Gasteiger charge is -1.98. The molecule has 7 heteroatoms. The maximum Gasteiger partial charge on any atom is 0.470 e. The lowest BCUT2D eigenvalue weighted by molar-refractivity contribution is -0.156. The molecule has 0 atom stereocenters. The van der Waals surface area contributed by atoms with Gasteiger partial charge in [-0.2, -0.15) is 13.2 Å². The molecule has 0 spiro atoms. The van der Waals surface area contributed by atoms with Gasteiger partial charge in [0.05, 0.1) is 0 Å². The zero-order valence-corrected chi connectivity index (χ0v) is 9.92. The molecule has 0 fully saturated rings. The van der Waals surface area contributed by atoms with Crippen LogP contribution >= 0.6 is 15.9 Å². The van der Waals surface area contributed by atoms with Crippen LogP contribution in [-0.2, 0) is 11.5 Å². The van der Waals surface area contributed by atoms with E-state index in [9.17, 15) is 13.2 Å². The van der Waals surface area contributed by atoms with Crippen molar-refractivity contribution >= 4 is 15.9 Å². The summed E-state index contributed by atoms with van der Waals surface area (Å²) in [7, 11) is 0. The van der Waals surface area contributed by atoms with E-state index in [0.717, 1.165) is 5.56 Å². The van der Waals surface area contributed by atoms with Crippen molar-refractivity contribution < 1.29 is 17.6 Å². The van der Waals surface area contributed by atoms with Gasteiger partial charge in [0.25, 0.3) is 0 Å². The quantitative estimate of drug-likeness (QED) is 0.795. The van der Waals surface area contributed by atoms with Gasteiger partial charge in [-0.25, -0.2) is 0 Å². The molecule has 0 radical (unpaired) electrons. The molecule has 0 bridgehead atoms. The molecule has 17 heavy (non-hydrogen) atoms. The molecule has 1 aromatic carbocycles. The predicted octanol–water partition coefficient (Wildman–Crippen LogP) is 3.65. The maximum absolute atomic E-state index is 12.2. The van der Waals surface area contributed by atoms with E-state index in [4.69, 9.17) is 0 Å². The highest BCUT2D eigenvalue weighted by molar-refractivity contribution is 9.08. The number of halogens is 4. The molecule has 0 aliphatic carbocycles. The van der Waals surface area contributed by atoms with Crippen molar-refractivity contribution in [3.8, 4) is 11.5 Å². The predicted molar refractivity (Wildman–Crippen MR) is 57.4 cm³/mol. The summed E-state index contributed by atoms with van der Waals surface area (Å²) in [5.74, 6) is -1.48. The smallest absolute Gasteiger partial charge is 0.413 e. The van der Waals surface area contributed by atoms with Crippen LogP contribution in [0.4, 0.5) is 13.2 Å². The van der Waals surface area contributed by atoms with E-state index >= 15 is 0 Å². The van der Waals surface area contributed by atoms with Crippen LogP contribution in [0.2, 0.25) is 0 Å². The zero-order valence-electron chi connectivity index (χ0n) is 8.33. The van der Waals surface area contributed by atoms with E-state index < -0.39 is 12.1 Å². The van der Waals surface area contributed by atoms with Crippen LogP contribution in [0.15, 0.2) is 28.7 Å². The Bertz CT molecular complexity index is 507. The van der Waals surface area contributed by atoms with Gasteiger partial charge in [-0.05, 0) is 17.7 Å². The van der Waals surface area contributed by atoms with Crippen LogP contribution in [0.1, 0.15) is 11.5 Å². The Balaban J connectivity index is 2.30. The summed E-state index contributed by atoms with van der Waals surface area (Å²) in [5.41, 5.74) is 1.46. The standard InChI is InChI=1S/C10H6BrF3N2O/c11-5-6-1-3-7(4-2-6)8-15-16-9(17-8)10(12,13)14/h1-4H,5H2. The topological polar surface area (TPSA) is 38.9 Å². The van der Waals surface area contributed by atoms with Crippen molar-refractivity contribution in [2.75, 3.05) is 0 Å². The Morgan fingerprint density at radius 1 is 1.12 bits per heavy atom. The molecular weight excluding hydrogens is 301 g/mol. The molecule has 3 nitrogen and oxygen atoms in total. The Kier molecular flexibility index (Phi) is 3.19. The van der Waals surface area contributed by atoms with Gasteiger partial charge in [0.15, 0.2) is 0 Å². The molecule has 0 N–H and O–H groups in total. The highest BCUT2D eigenvalue weighted by Crippen LogP contribution is 2.30. The van der Waals surface area contributed by atoms with Gasteiger partial charge in [-0.3, -0.25) is 0 Å². The van der Waals surface area contributed by atoms with Crippen molar-refractivity contribution in [1.29, 1.82) is 0 Å². The first-order valence-corrected chi connectivity index (χ1v) is 5.69. The molecule has 0 aliphatic heterocycles. The fourth-order valence-electron chi connectivity index (χ4n) is 1.19. The molecule has 0 amide bonds. The van der Waals surface area contributed by atoms with E-state index in [1.54, 1.807) is 24.3 Å². The number of alkyl halides is 4. The van der Waals surface area contributed by atoms with Gasteiger partial charge in [0.1, 0.15) is 0 Å². The number of nitrogens with zero attached hydrogens (tertiary/aromatic N) is 2. The van der Waals surface area contributed by atoms with Gasteiger partial charge in [-0.1, -0.05) is 28.1 Å². The summed E-state index contributed by atoms with van der Waals surface area (Å²) in [6, 6.07) is 6.79. The summed E-state index contributed by atoms with van der Waals surface area (Å²) < 4.78 is 41.2. The van der Waals surface area contributed by atoms with Crippen molar-refractivity contribution in [2.45, 2.75) is 11.5 Å². The van der Waals surface area contributed by atoms with Crippen LogP contribution in [-0.4, -0.2) is 10.2 Å². The molecule has 0 saturated heterocycles. The molecule has 90 valence electrons. The van der Waals surface area contributed by atoms with Crippen molar-refractivity contribution in [3.63, 3.8) is 0 Å². The first-order valence-electron chi connectivity index (χ1n) is 4.56. The van der Waals surface area contributed by atoms with E-state index in [1.165, 1.54) is 0 Å². The second-order valence-electron chi connectivity index (χ2n) is 3.24. The zero-order chi connectivity index (χ0) is 12.5. The van der Waals surface area contributed by atoms with Gasteiger partial charge in [0, 0.05) is 10.9 Å². The summed E-state index contributed by atoms with van der Waals surface area (Å²) >= 11 is 3.27. The Labute approximate surface area is 103 Å². The summed E-state index contributed by atoms with van der Waals surface area (Å²) in [4.78, 5) is 0. The third-order valence-corrected chi connectivity index (χ3v) is 2.67. The lowest BCUT2D eigenvalue weighted by atomic mass is 10.1. The van der Waals surface area contributed by atoms with Crippen LogP contribution in [0.3, 0.4) is 0 Å². The van der Waals surface area contributed by atoms with Crippen LogP contribution in [0, 0.1) is 0 Å². The minimum absolute atomic E-state index is 0.140. The van der Waals surface area contributed by atoms with E-state index in [0.29, 0.717) is 10.9 Å². The number of hydrogen-bond acceptors (Lipinski definition) is 3. The fraction of sp³-hybridized carbons (Fsp3) is 0.200. The van der Waals surface area contributed by atoms with Crippen LogP contribution in [0.25, 0.3) is 11.5 Å². The maximum atomic E-state index is 12.2. The van der Waals surface area contributed by atoms with E-state index in [-0.39, 0.29) is 5.89 Å². The Morgan fingerprint density at radius 3 is 2.24 bits per heavy atom. The van der Waals surface area contributed by atoms with Gasteiger partial charge in [0.2, 0.25) is 5.89 Å². The summed E-state index contributed by atoms with van der Waals surface area (Å²) in [6.07, 6.45) is -4.61. The molecule has 2 rings (SSSR count). The SMILES string of the molecule is FC(F)(F)c1nnc(-c2ccc(CBr)cc2)o1. The third kappa shape index (κ3) is 2.66. The minimum atomic E-state index is -4.61. The fourth-order valence-corrected chi connectivity index (χ4v) is 1.56. The van der Waals surface area contributed by atoms with Crippen molar-refractivity contribution in [2.24, 2.45) is 0 Å². The second-order valence-corrected chi connectivity index (χ2v) is 3.80. The minimum Gasteiger partial charge on any atom is -0.413 e. The van der Waals surface area contributed by atoms with E-state index in [2.05, 4.69) is 30.5 Å². The van der Waals surface area contributed by atoms with Crippen molar-refractivity contribution in [1.82, 2.24) is 10.2 Å². The van der Waals surface area contributed by atoms with E-state index in [1.807, 2.05) is 0 Å².